The van der Waals surface area contributed by atoms with E-state index in [-0.39, 0.29) is 0 Å². The van der Waals surface area contributed by atoms with Gasteiger partial charge in [-0.05, 0) is 35.7 Å². The smallest absolute Gasteiger partial charge is 0.0534 e. The molecule has 112 valence electrons. The molecule has 0 aliphatic rings. The highest BCUT2D eigenvalue weighted by Gasteiger charge is 2.05. The summed E-state index contributed by atoms with van der Waals surface area (Å²) in [7, 11) is 0. The molecule has 0 saturated heterocycles. The molecule has 1 unspecified atom stereocenters. The molecule has 3 aromatic rings. The van der Waals surface area contributed by atoms with Gasteiger partial charge in [0.15, 0.2) is 0 Å². The van der Waals surface area contributed by atoms with Gasteiger partial charge in [0.1, 0.15) is 0 Å². The minimum atomic E-state index is 0.318. The maximum atomic E-state index is 4.20. The van der Waals surface area contributed by atoms with Crippen molar-refractivity contribution in [2.45, 2.75) is 19.5 Å². The number of hydrogen-bond donors (Lipinski definition) is 1. The maximum absolute atomic E-state index is 4.20. The molecule has 1 N–H and O–H groups in total. The third-order valence-electron chi connectivity index (χ3n) is 3.76. The van der Waals surface area contributed by atoms with Crippen molar-refractivity contribution >= 4 is 0 Å². The Morgan fingerprint density at radius 3 is 2.59 bits per heavy atom. The third-order valence-corrected chi connectivity index (χ3v) is 3.76. The number of aromatic nitrogens is 3. The fourth-order valence-electron chi connectivity index (χ4n) is 2.44. The van der Waals surface area contributed by atoms with Crippen LogP contribution in [0.5, 0.6) is 0 Å². The second-order valence-electron chi connectivity index (χ2n) is 5.31. The highest BCUT2D eigenvalue weighted by atomic mass is 15.3. The first-order chi connectivity index (χ1) is 10.8. The molecule has 0 aliphatic heterocycles. The van der Waals surface area contributed by atoms with E-state index in [0.717, 1.165) is 18.7 Å². The van der Waals surface area contributed by atoms with Gasteiger partial charge in [-0.15, -0.1) is 0 Å². The van der Waals surface area contributed by atoms with Crippen LogP contribution >= 0.6 is 0 Å². The van der Waals surface area contributed by atoms with Crippen LogP contribution in [0.3, 0.4) is 0 Å². The first kappa shape index (κ1) is 14.5. The van der Waals surface area contributed by atoms with E-state index in [1.165, 1.54) is 11.1 Å². The Balaban J connectivity index is 1.57. The monoisotopic (exact) mass is 292 g/mol. The highest BCUT2D eigenvalue weighted by molar-refractivity contribution is 5.62. The van der Waals surface area contributed by atoms with Gasteiger partial charge < -0.3 is 5.32 Å². The molecule has 22 heavy (non-hydrogen) atoms. The van der Waals surface area contributed by atoms with Gasteiger partial charge in [-0.2, -0.15) is 5.10 Å². The first-order valence-electron chi connectivity index (χ1n) is 7.54. The van der Waals surface area contributed by atoms with Crippen molar-refractivity contribution in [2.75, 3.05) is 6.54 Å². The quantitative estimate of drug-likeness (QED) is 0.758. The Morgan fingerprint density at radius 1 is 1.05 bits per heavy atom. The SMILES string of the molecule is CC(NCCn1cccn1)c1ccc(-c2cccnc2)cc1. The lowest BCUT2D eigenvalue weighted by molar-refractivity contribution is 0.507. The van der Waals surface area contributed by atoms with Crippen LogP contribution in [0.25, 0.3) is 11.1 Å². The summed E-state index contributed by atoms with van der Waals surface area (Å²) in [5.41, 5.74) is 3.63. The molecule has 0 bridgehead atoms. The summed E-state index contributed by atoms with van der Waals surface area (Å²) < 4.78 is 1.94. The van der Waals surface area contributed by atoms with Crippen molar-refractivity contribution in [3.63, 3.8) is 0 Å². The van der Waals surface area contributed by atoms with E-state index in [0.29, 0.717) is 6.04 Å². The van der Waals surface area contributed by atoms with Crippen LogP contribution in [-0.4, -0.2) is 21.3 Å². The van der Waals surface area contributed by atoms with Crippen molar-refractivity contribution in [1.29, 1.82) is 0 Å². The predicted molar refractivity (Wildman–Crippen MR) is 88.3 cm³/mol. The third kappa shape index (κ3) is 3.59. The van der Waals surface area contributed by atoms with Crippen LogP contribution in [0.1, 0.15) is 18.5 Å². The standard InChI is InChI=1S/C18H20N4/c1-15(20-11-13-22-12-3-10-21-22)16-5-7-17(8-6-16)18-4-2-9-19-14-18/h2-10,12,14-15,20H,11,13H2,1H3. The zero-order valence-electron chi connectivity index (χ0n) is 12.7. The summed E-state index contributed by atoms with van der Waals surface area (Å²) in [4.78, 5) is 4.16. The molecule has 0 spiro atoms. The Labute approximate surface area is 130 Å². The van der Waals surface area contributed by atoms with Crippen LogP contribution in [-0.2, 0) is 6.54 Å². The van der Waals surface area contributed by atoms with Gasteiger partial charge in [0.2, 0.25) is 0 Å². The van der Waals surface area contributed by atoms with Gasteiger partial charge in [-0.25, -0.2) is 0 Å². The molecule has 0 amide bonds. The van der Waals surface area contributed by atoms with Gasteiger partial charge in [-0.1, -0.05) is 30.3 Å². The van der Waals surface area contributed by atoms with Crippen LogP contribution < -0.4 is 5.32 Å². The molecule has 1 aromatic carbocycles. The normalized spacial score (nSPS) is 12.2. The molecule has 0 saturated carbocycles. The molecule has 2 aromatic heterocycles. The van der Waals surface area contributed by atoms with Crippen LogP contribution in [0, 0.1) is 0 Å². The summed E-state index contributed by atoms with van der Waals surface area (Å²) in [6.07, 6.45) is 7.47. The molecule has 0 aliphatic carbocycles. The van der Waals surface area contributed by atoms with E-state index in [1.807, 2.05) is 29.2 Å². The zero-order valence-corrected chi connectivity index (χ0v) is 12.7. The lowest BCUT2D eigenvalue weighted by Gasteiger charge is -2.15. The molecule has 4 heteroatoms. The van der Waals surface area contributed by atoms with E-state index in [9.17, 15) is 0 Å². The second kappa shape index (κ2) is 7.00. The fraction of sp³-hybridized carbons (Fsp3) is 0.222. The van der Waals surface area contributed by atoms with E-state index < -0.39 is 0 Å². The van der Waals surface area contributed by atoms with Gasteiger partial charge in [0, 0.05) is 37.4 Å². The number of benzene rings is 1. The van der Waals surface area contributed by atoms with Crippen molar-refractivity contribution in [3.8, 4) is 11.1 Å². The Bertz CT molecular complexity index is 675. The van der Waals surface area contributed by atoms with E-state index in [4.69, 9.17) is 0 Å². The summed E-state index contributed by atoms with van der Waals surface area (Å²) in [5.74, 6) is 0. The molecule has 1 atom stereocenters. The average molecular weight is 292 g/mol. The number of nitrogens with one attached hydrogen (secondary N) is 1. The van der Waals surface area contributed by atoms with E-state index in [1.54, 1.807) is 12.4 Å². The number of nitrogens with zero attached hydrogens (tertiary/aromatic N) is 3. The Hall–Kier alpha value is -2.46. The Morgan fingerprint density at radius 2 is 1.91 bits per heavy atom. The van der Waals surface area contributed by atoms with Gasteiger partial charge in [0.05, 0.1) is 6.54 Å². The first-order valence-corrected chi connectivity index (χ1v) is 7.54. The summed E-state index contributed by atoms with van der Waals surface area (Å²) in [5, 5.41) is 7.72. The number of hydrogen-bond acceptors (Lipinski definition) is 3. The van der Waals surface area contributed by atoms with Crippen molar-refractivity contribution in [3.05, 3.63) is 72.8 Å². The van der Waals surface area contributed by atoms with Gasteiger partial charge in [-0.3, -0.25) is 9.67 Å². The number of rotatable bonds is 6. The summed E-state index contributed by atoms with van der Waals surface area (Å²) in [6.45, 7) is 3.96. The molecule has 0 fully saturated rings. The number of pyridine rings is 1. The van der Waals surface area contributed by atoms with Crippen molar-refractivity contribution in [1.82, 2.24) is 20.1 Å². The van der Waals surface area contributed by atoms with Crippen LogP contribution in [0.4, 0.5) is 0 Å². The molecule has 0 radical (unpaired) electrons. The van der Waals surface area contributed by atoms with Crippen LogP contribution in [0.2, 0.25) is 0 Å². The molecule has 4 nitrogen and oxygen atoms in total. The van der Waals surface area contributed by atoms with Gasteiger partial charge in [0.25, 0.3) is 0 Å². The van der Waals surface area contributed by atoms with Crippen LogP contribution in [0.15, 0.2) is 67.3 Å². The van der Waals surface area contributed by atoms with E-state index >= 15 is 0 Å². The van der Waals surface area contributed by atoms with Gasteiger partial charge >= 0.3 is 0 Å². The molecule has 2 heterocycles. The summed E-state index contributed by atoms with van der Waals surface area (Å²) >= 11 is 0. The topological polar surface area (TPSA) is 42.7 Å². The van der Waals surface area contributed by atoms with Crippen molar-refractivity contribution in [2.24, 2.45) is 0 Å². The maximum Gasteiger partial charge on any atom is 0.0534 e. The summed E-state index contributed by atoms with van der Waals surface area (Å²) in [6, 6.07) is 15.0. The predicted octanol–water partition coefficient (Wildman–Crippen LogP) is 3.30. The molecule has 3 rings (SSSR count). The minimum Gasteiger partial charge on any atom is -0.308 e. The second-order valence-corrected chi connectivity index (χ2v) is 5.31. The largest absolute Gasteiger partial charge is 0.308 e. The lowest BCUT2D eigenvalue weighted by atomic mass is 10.0. The van der Waals surface area contributed by atoms with E-state index in [2.05, 4.69) is 52.7 Å². The average Bonchev–Trinajstić information content (AvgIpc) is 3.09. The van der Waals surface area contributed by atoms with Crippen molar-refractivity contribution < 1.29 is 0 Å². The fourth-order valence-corrected chi connectivity index (χ4v) is 2.44. The molecular weight excluding hydrogens is 272 g/mol. The minimum absolute atomic E-state index is 0.318. The highest BCUT2D eigenvalue weighted by Crippen LogP contribution is 2.21. The Kier molecular flexibility index (Phi) is 4.61. The molecular formula is C18H20N4. The zero-order chi connectivity index (χ0) is 15.2. The lowest BCUT2D eigenvalue weighted by Crippen LogP contribution is -2.23.